The summed E-state index contributed by atoms with van der Waals surface area (Å²) in [6.07, 6.45) is 1.34. The standard InChI is InChI=1S/C13H16N2O3S/c1-12(2)9-4-5-13(12,3)11(16)10(9)19(17,18)8(6-14)7-15/h8-10H,4-5H2,1-3H3/t9?,10?,13-/m1/s1. The fourth-order valence-electron chi connectivity index (χ4n) is 3.70. The van der Waals surface area contributed by atoms with E-state index in [1.165, 1.54) is 12.1 Å². The van der Waals surface area contributed by atoms with Gasteiger partial charge in [-0.3, -0.25) is 4.79 Å². The van der Waals surface area contributed by atoms with Crippen LogP contribution in [0.2, 0.25) is 0 Å². The van der Waals surface area contributed by atoms with Crippen molar-refractivity contribution in [2.45, 2.75) is 44.1 Å². The van der Waals surface area contributed by atoms with Crippen LogP contribution >= 0.6 is 0 Å². The predicted molar refractivity (Wildman–Crippen MR) is 67.3 cm³/mol. The number of Topliss-reactive ketones (excluding diaryl/α,β-unsaturated/α-hetero) is 1. The summed E-state index contributed by atoms with van der Waals surface area (Å²) in [5.74, 6) is -0.608. The first-order valence-corrected chi connectivity index (χ1v) is 7.82. The van der Waals surface area contributed by atoms with Gasteiger partial charge in [0.15, 0.2) is 15.6 Å². The Kier molecular flexibility index (Phi) is 2.80. The molecular formula is C13H16N2O3S. The number of fused-ring (bicyclic) bond motifs is 2. The van der Waals surface area contributed by atoms with Gasteiger partial charge in [0.25, 0.3) is 0 Å². The lowest BCUT2D eigenvalue weighted by Gasteiger charge is -2.32. The van der Waals surface area contributed by atoms with E-state index in [1.54, 1.807) is 6.92 Å². The molecule has 6 heteroatoms. The first kappa shape index (κ1) is 14.0. The molecule has 0 aromatic rings. The molecular weight excluding hydrogens is 264 g/mol. The Morgan fingerprint density at radius 1 is 1.26 bits per heavy atom. The quantitative estimate of drug-likeness (QED) is 0.757. The molecule has 19 heavy (non-hydrogen) atoms. The van der Waals surface area contributed by atoms with Crippen LogP contribution in [0.4, 0.5) is 0 Å². The van der Waals surface area contributed by atoms with E-state index in [0.29, 0.717) is 12.8 Å². The second-order valence-corrected chi connectivity index (χ2v) is 8.37. The summed E-state index contributed by atoms with van der Waals surface area (Å²) < 4.78 is 24.7. The minimum atomic E-state index is -4.06. The number of nitrogens with zero attached hydrogens (tertiary/aromatic N) is 2. The van der Waals surface area contributed by atoms with Crippen LogP contribution in [0.5, 0.6) is 0 Å². The van der Waals surface area contributed by atoms with E-state index < -0.39 is 31.2 Å². The lowest BCUT2D eigenvalue weighted by Crippen LogP contribution is -2.42. The van der Waals surface area contributed by atoms with E-state index in [2.05, 4.69) is 0 Å². The third kappa shape index (κ3) is 1.44. The van der Waals surface area contributed by atoms with Gasteiger partial charge in [0.1, 0.15) is 5.25 Å². The Morgan fingerprint density at radius 3 is 2.16 bits per heavy atom. The fourth-order valence-corrected chi connectivity index (χ4v) is 5.78. The highest BCUT2D eigenvalue weighted by Gasteiger charge is 2.70. The van der Waals surface area contributed by atoms with Crippen molar-refractivity contribution in [2.24, 2.45) is 16.7 Å². The molecule has 0 saturated heterocycles. The molecule has 2 bridgehead atoms. The molecule has 0 aromatic carbocycles. The zero-order valence-electron chi connectivity index (χ0n) is 11.2. The lowest BCUT2D eigenvalue weighted by atomic mass is 9.70. The summed E-state index contributed by atoms with van der Waals surface area (Å²) in [5, 5.41) is 14.7. The van der Waals surface area contributed by atoms with Gasteiger partial charge in [-0.05, 0) is 24.2 Å². The van der Waals surface area contributed by atoms with E-state index in [4.69, 9.17) is 10.5 Å². The van der Waals surface area contributed by atoms with Crippen molar-refractivity contribution < 1.29 is 13.2 Å². The Hall–Kier alpha value is -1.40. The highest BCUT2D eigenvalue weighted by Crippen LogP contribution is 2.65. The third-order valence-corrected chi connectivity index (χ3v) is 7.51. The van der Waals surface area contributed by atoms with Crippen LogP contribution in [0.25, 0.3) is 0 Å². The summed E-state index contributed by atoms with van der Waals surface area (Å²) >= 11 is 0. The summed E-state index contributed by atoms with van der Waals surface area (Å²) in [6, 6.07) is 2.98. The summed E-state index contributed by atoms with van der Waals surface area (Å²) in [7, 11) is -4.06. The van der Waals surface area contributed by atoms with Crippen LogP contribution < -0.4 is 0 Å². The smallest absolute Gasteiger partial charge is 0.234 e. The van der Waals surface area contributed by atoms with Gasteiger partial charge in [0, 0.05) is 5.41 Å². The van der Waals surface area contributed by atoms with E-state index in [1.807, 2.05) is 13.8 Å². The molecule has 2 fully saturated rings. The monoisotopic (exact) mass is 280 g/mol. The van der Waals surface area contributed by atoms with E-state index >= 15 is 0 Å². The molecule has 0 amide bonds. The number of carbonyl (C=O) groups is 1. The molecule has 0 spiro atoms. The average Bonchev–Trinajstić information content (AvgIpc) is 2.62. The summed E-state index contributed by atoms with van der Waals surface area (Å²) in [6.45, 7) is 5.62. The molecule has 0 radical (unpaired) electrons. The van der Waals surface area contributed by atoms with Gasteiger partial charge in [-0.2, -0.15) is 10.5 Å². The first-order valence-electron chi connectivity index (χ1n) is 6.21. The predicted octanol–water partition coefficient (Wildman–Crippen LogP) is 1.21. The van der Waals surface area contributed by atoms with Gasteiger partial charge in [0.2, 0.25) is 5.25 Å². The number of rotatable bonds is 2. The number of nitriles is 2. The van der Waals surface area contributed by atoms with Crippen molar-refractivity contribution in [2.75, 3.05) is 0 Å². The molecule has 5 nitrogen and oxygen atoms in total. The van der Waals surface area contributed by atoms with Gasteiger partial charge in [-0.25, -0.2) is 8.42 Å². The van der Waals surface area contributed by atoms with Crippen molar-refractivity contribution in [3.05, 3.63) is 0 Å². The largest absolute Gasteiger partial charge is 0.298 e. The van der Waals surface area contributed by atoms with Gasteiger partial charge >= 0.3 is 0 Å². The van der Waals surface area contributed by atoms with Crippen LogP contribution in [0.1, 0.15) is 33.6 Å². The maximum atomic E-state index is 12.5. The van der Waals surface area contributed by atoms with Crippen LogP contribution in [0.3, 0.4) is 0 Å². The minimum absolute atomic E-state index is 0.292. The number of hydrogen-bond donors (Lipinski definition) is 0. The minimum Gasteiger partial charge on any atom is -0.298 e. The molecule has 0 aliphatic heterocycles. The molecule has 102 valence electrons. The molecule has 0 N–H and O–H groups in total. The van der Waals surface area contributed by atoms with Crippen molar-refractivity contribution in [3.63, 3.8) is 0 Å². The van der Waals surface area contributed by atoms with E-state index in [9.17, 15) is 13.2 Å². The van der Waals surface area contributed by atoms with Gasteiger partial charge < -0.3 is 0 Å². The Morgan fingerprint density at radius 2 is 1.79 bits per heavy atom. The maximum absolute atomic E-state index is 12.5. The second kappa shape index (κ2) is 3.80. The van der Waals surface area contributed by atoms with Gasteiger partial charge in [-0.1, -0.05) is 20.8 Å². The lowest BCUT2D eigenvalue weighted by molar-refractivity contribution is -0.127. The Bertz CT molecular complexity index is 609. The second-order valence-electron chi connectivity index (χ2n) is 6.21. The van der Waals surface area contributed by atoms with Gasteiger partial charge in [-0.15, -0.1) is 0 Å². The van der Waals surface area contributed by atoms with E-state index in [0.717, 1.165) is 0 Å². The van der Waals surface area contributed by atoms with Crippen LogP contribution in [-0.4, -0.2) is 24.7 Å². The molecule has 2 aliphatic carbocycles. The van der Waals surface area contributed by atoms with Crippen LogP contribution in [-0.2, 0) is 14.6 Å². The van der Waals surface area contributed by atoms with Crippen molar-refractivity contribution in [3.8, 4) is 12.1 Å². The van der Waals surface area contributed by atoms with Crippen LogP contribution in [0, 0.1) is 39.4 Å². The maximum Gasteiger partial charge on any atom is 0.234 e. The number of sulfone groups is 1. The molecule has 2 rings (SSSR count). The van der Waals surface area contributed by atoms with E-state index in [-0.39, 0.29) is 11.7 Å². The first-order chi connectivity index (χ1) is 8.64. The molecule has 2 unspecified atom stereocenters. The average molecular weight is 280 g/mol. The topological polar surface area (TPSA) is 98.8 Å². The highest BCUT2D eigenvalue weighted by atomic mass is 32.2. The Balaban J connectivity index is 2.55. The van der Waals surface area contributed by atoms with Crippen LogP contribution in [0.15, 0.2) is 0 Å². The molecule has 0 heterocycles. The SMILES string of the molecule is CC1(C)C2CC[C@]1(C)C(=O)C2S(=O)(=O)C(C#N)C#N. The Labute approximate surface area is 113 Å². The number of ketones is 1. The zero-order chi connectivity index (χ0) is 14.6. The fraction of sp³-hybridized carbons (Fsp3) is 0.769. The van der Waals surface area contributed by atoms with Crippen molar-refractivity contribution >= 4 is 15.6 Å². The normalized spacial score (nSPS) is 36.2. The molecule has 0 aromatic heterocycles. The summed E-state index contributed by atoms with van der Waals surface area (Å²) in [5.41, 5.74) is -1.07. The van der Waals surface area contributed by atoms with Crippen molar-refractivity contribution in [1.29, 1.82) is 10.5 Å². The highest BCUT2D eigenvalue weighted by molar-refractivity contribution is 7.93. The van der Waals surface area contributed by atoms with Gasteiger partial charge in [0.05, 0.1) is 12.1 Å². The third-order valence-electron chi connectivity index (χ3n) is 5.39. The number of carbonyl (C=O) groups excluding carboxylic acids is 1. The summed E-state index contributed by atoms with van der Waals surface area (Å²) in [4.78, 5) is 12.5. The van der Waals surface area contributed by atoms with Crippen molar-refractivity contribution in [1.82, 2.24) is 0 Å². The number of hydrogen-bond acceptors (Lipinski definition) is 5. The zero-order valence-corrected chi connectivity index (χ0v) is 12.0. The molecule has 2 saturated carbocycles. The molecule has 2 aliphatic rings. The molecule has 3 atom stereocenters.